The van der Waals surface area contributed by atoms with Crippen molar-refractivity contribution in [2.75, 3.05) is 0 Å². The molecule has 0 heterocycles. The summed E-state index contributed by atoms with van der Waals surface area (Å²) in [4.78, 5) is 35.7. The maximum absolute atomic E-state index is 8.93. The summed E-state index contributed by atoms with van der Waals surface area (Å²) >= 11 is 0. The van der Waals surface area contributed by atoms with E-state index in [9.17, 15) is 0 Å². The number of rotatable bonds is 0. The summed E-state index contributed by atoms with van der Waals surface area (Å²) in [6.45, 7) is 0. The monoisotopic (exact) mass is 296 g/mol. The normalized spacial score (nSPS) is 6.29. The number of hydrogen-bond acceptors (Lipinski definition) is 8. The predicted molar refractivity (Wildman–Crippen MR) is 20.0 cm³/mol. The van der Waals surface area contributed by atoms with E-state index in [1.165, 1.54) is 0 Å². The van der Waals surface area contributed by atoms with Crippen LogP contribution in [0.25, 0.3) is 0 Å². The van der Waals surface area contributed by atoms with E-state index in [-0.39, 0.29) is 36.5 Å². The SMILES string of the molecule is O=C([O-])C(=O)[O-].O=C([O-])C(=O)[O-].[Fe+2].[Zn+2]. The Hall–Kier alpha value is -0.977. The summed E-state index contributed by atoms with van der Waals surface area (Å²) in [7, 11) is 0. The molecule has 0 N–H and O–H groups in total. The molecule has 0 radical (unpaired) electrons. The predicted octanol–water partition coefficient (Wildman–Crippen LogP) is -7.03. The van der Waals surface area contributed by atoms with Crippen LogP contribution in [0.4, 0.5) is 0 Å². The van der Waals surface area contributed by atoms with Crippen LogP contribution >= 0.6 is 0 Å². The fraction of sp³-hybridized carbons (Fsp3) is 0. The molecule has 0 aromatic carbocycles. The van der Waals surface area contributed by atoms with Gasteiger partial charge in [-0.25, -0.2) is 0 Å². The number of carbonyl (C=O) groups excluding carboxylic acids is 4. The zero-order valence-electron chi connectivity index (χ0n) is 6.33. The largest absolute Gasteiger partial charge is 2.00 e. The summed E-state index contributed by atoms with van der Waals surface area (Å²) in [6.07, 6.45) is 0. The molecule has 0 spiro atoms. The first-order chi connectivity index (χ1) is 5.29. The van der Waals surface area contributed by atoms with Crippen molar-refractivity contribution in [1.82, 2.24) is 0 Å². The molecule has 74 valence electrons. The third-order valence-corrected chi connectivity index (χ3v) is 0.333. The minimum absolute atomic E-state index is 0. The van der Waals surface area contributed by atoms with E-state index in [0.29, 0.717) is 0 Å². The molecule has 0 aliphatic carbocycles. The maximum Gasteiger partial charge on any atom is 2.00 e. The molecule has 0 atom stereocenters. The van der Waals surface area contributed by atoms with Gasteiger partial charge in [0.25, 0.3) is 0 Å². The fourth-order valence-corrected chi connectivity index (χ4v) is 0. The molecule has 0 fully saturated rings. The Kier molecular flexibility index (Phi) is 19.9. The number of carboxylic acids is 4. The van der Waals surface area contributed by atoms with Crippen molar-refractivity contribution in [2.45, 2.75) is 0 Å². The zero-order valence-corrected chi connectivity index (χ0v) is 10.4. The van der Waals surface area contributed by atoms with Crippen molar-refractivity contribution in [3.05, 3.63) is 0 Å². The Morgan fingerprint density at radius 3 is 0.643 bits per heavy atom. The summed E-state index contributed by atoms with van der Waals surface area (Å²) in [6, 6.07) is 0. The zero-order chi connectivity index (χ0) is 10.3. The van der Waals surface area contributed by atoms with Gasteiger partial charge in [-0.15, -0.1) is 0 Å². The van der Waals surface area contributed by atoms with Crippen LogP contribution in [0, 0.1) is 0 Å². The van der Waals surface area contributed by atoms with Crippen LogP contribution in [0.2, 0.25) is 0 Å². The van der Waals surface area contributed by atoms with Crippen molar-refractivity contribution >= 4 is 23.9 Å². The minimum atomic E-state index is -2.19. The molecule has 0 amide bonds. The number of carbonyl (C=O) groups is 4. The van der Waals surface area contributed by atoms with Crippen LogP contribution in [0.3, 0.4) is 0 Å². The van der Waals surface area contributed by atoms with E-state index in [1.807, 2.05) is 0 Å². The summed E-state index contributed by atoms with van der Waals surface area (Å²) < 4.78 is 0. The molecular formula is C4FeO8Zn. The first-order valence-electron chi connectivity index (χ1n) is 2.13. The van der Waals surface area contributed by atoms with Crippen LogP contribution in [0.5, 0.6) is 0 Å². The van der Waals surface area contributed by atoms with E-state index in [2.05, 4.69) is 0 Å². The Morgan fingerprint density at radius 2 is 0.643 bits per heavy atom. The van der Waals surface area contributed by atoms with Gasteiger partial charge in [-0.2, -0.15) is 0 Å². The van der Waals surface area contributed by atoms with Gasteiger partial charge in [0.15, 0.2) is 0 Å². The van der Waals surface area contributed by atoms with E-state index in [4.69, 9.17) is 39.6 Å². The molecule has 0 aromatic heterocycles. The maximum atomic E-state index is 8.93. The van der Waals surface area contributed by atoms with Gasteiger partial charge < -0.3 is 39.6 Å². The van der Waals surface area contributed by atoms with Gasteiger partial charge >= 0.3 is 36.5 Å². The first-order valence-corrected chi connectivity index (χ1v) is 2.13. The Bertz CT molecular complexity index is 177. The van der Waals surface area contributed by atoms with E-state index in [1.54, 1.807) is 0 Å². The van der Waals surface area contributed by atoms with Crippen LogP contribution in [-0.4, -0.2) is 23.9 Å². The van der Waals surface area contributed by atoms with Gasteiger partial charge in [-0.05, 0) is 0 Å². The molecular weight excluding hydrogens is 297 g/mol. The fourth-order valence-electron chi connectivity index (χ4n) is 0. The number of hydrogen-bond donors (Lipinski definition) is 0. The molecule has 0 aliphatic rings. The van der Waals surface area contributed by atoms with Crippen molar-refractivity contribution in [1.29, 1.82) is 0 Å². The third-order valence-electron chi connectivity index (χ3n) is 0.333. The average Bonchev–Trinajstić information content (AvgIpc) is 1.88. The van der Waals surface area contributed by atoms with E-state index in [0.717, 1.165) is 0 Å². The molecule has 0 aliphatic heterocycles. The third kappa shape index (κ3) is 22.5. The molecule has 0 saturated heterocycles. The van der Waals surface area contributed by atoms with Gasteiger partial charge in [0.1, 0.15) is 0 Å². The van der Waals surface area contributed by atoms with Gasteiger partial charge in [0, 0.05) is 0 Å². The number of aliphatic carboxylic acids is 4. The summed E-state index contributed by atoms with van der Waals surface area (Å²) in [5.74, 6) is -8.74. The van der Waals surface area contributed by atoms with Gasteiger partial charge in [-0.3, -0.25) is 0 Å². The molecule has 0 rings (SSSR count). The molecule has 0 bridgehead atoms. The quantitative estimate of drug-likeness (QED) is 0.315. The topological polar surface area (TPSA) is 161 Å². The minimum Gasteiger partial charge on any atom is -0.543 e. The number of carboxylic acid groups (broad SMARTS) is 4. The van der Waals surface area contributed by atoms with E-state index < -0.39 is 23.9 Å². The smallest absolute Gasteiger partial charge is 0.543 e. The molecule has 0 aromatic rings. The van der Waals surface area contributed by atoms with Crippen LogP contribution in [0.15, 0.2) is 0 Å². The van der Waals surface area contributed by atoms with E-state index >= 15 is 0 Å². The molecule has 10 heteroatoms. The average molecular weight is 297 g/mol. The molecule has 0 unspecified atom stereocenters. The van der Waals surface area contributed by atoms with Gasteiger partial charge in [0.2, 0.25) is 0 Å². The Labute approximate surface area is 100 Å². The Morgan fingerprint density at radius 1 is 0.571 bits per heavy atom. The van der Waals surface area contributed by atoms with Crippen molar-refractivity contribution in [3.63, 3.8) is 0 Å². The summed E-state index contributed by atoms with van der Waals surface area (Å²) in [5, 5.41) is 35.7. The van der Waals surface area contributed by atoms with Gasteiger partial charge in [0.05, 0.1) is 23.9 Å². The first kappa shape index (κ1) is 23.1. The second-order valence-electron chi connectivity index (χ2n) is 1.15. The Balaban J connectivity index is -0.0000000625. The van der Waals surface area contributed by atoms with Crippen LogP contribution < -0.4 is 20.4 Å². The van der Waals surface area contributed by atoms with Crippen LogP contribution in [0.1, 0.15) is 0 Å². The molecule has 0 saturated carbocycles. The van der Waals surface area contributed by atoms with Crippen LogP contribution in [-0.2, 0) is 55.7 Å². The second-order valence-corrected chi connectivity index (χ2v) is 1.15. The van der Waals surface area contributed by atoms with Crippen molar-refractivity contribution in [3.8, 4) is 0 Å². The summed E-state index contributed by atoms with van der Waals surface area (Å²) in [5.41, 5.74) is 0. The molecule has 8 nitrogen and oxygen atoms in total. The van der Waals surface area contributed by atoms with Crippen molar-refractivity contribution < 1.29 is 76.2 Å². The molecule has 14 heavy (non-hydrogen) atoms. The van der Waals surface area contributed by atoms with Crippen molar-refractivity contribution in [2.24, 2.45) is 0 Å². The standard InChI is InChI=1S/2C2H2O4.Fe.Zn/c2*3-1(4)2(5)6;;/h2*(H,3,4)(H,5,6);;/q;;2*+2/p-4. The van der Waals surface area contributed by atoms with Gasteiger partial charge in [-0.1, -0.05) is 0 Å². The second kappa shape index (κ2) is 12.0.